The predicted molar refractivity (Wildman–Crippen MR) is 186 cm³/mol. The molecule has 7 rings (SSSR count). The summed E-state index contributed by atoms with van der Waals surface area (Å²) in [6.07, 6.45) is 5.36. The quantitative estimate of drug-likeness (QED) is 0.163. The van der Waals surface area contributed by atoms with Crippen LogP contribution in [0.2, 0.25) is 0 Å². The van der Waals surface area contributed by atoms with Crippen LogP contribution in [0, 0.1) is 23.0 Å². The predicted octanol–water partition coefficient (Wildman–Crippen LogP) is 10.6. The van der Waals surface area contributed by atoms with Gasteiger partial charge in [0.05, 0.1) is 11.0 Å². The molecular formula is C38H34N4PtS2. The van der Waals surface area contributed by atoms with Gasteiger partial charge in [0.1, 0.15) is 12.7 Å². The van der Waals surface area contributed by atoms with Crippen molar-refractivity contribution in [3.05, 3.63) is 95.2 Å². The summed E-state index contributed by atoms with van der Waals surface area (Å²) in [6.45, 7) is 13.6. The summed E-state index contributed by atoms with van der Waals surface area (Å²) in [6, 6.07) is 28.9. The first-order valence-electron chi connectivity index (χ1n) is 15.0. The van der Waals surface area contributed by atoms with Gasteiger partial charge in [-0.2, -0.15) is 0 Å². The molecule has 0 aliphatic rings. The number of nitrogens with zero attached hydrogens (tertiary/aromatic N) is 4. The molecule has 0 saturated carbocycles. The minimum Gasteiger partial charge on any atom is -0.274 e. The van der Waals surface area contributed by atoms with Gasteiger partial charge in [-0.3, -0.25) is 9.97 Å². The molecule has 0 unspecified atom stereocenters. The van der Waals surface area contributed by atoms with E-state index in [1.165, 1.54) is 9.75 Å². The molecule has 0 atom stereocenters. The van der Waals surface area contributed by atoms with Crippen molar-refractivity contribution in [1.29, 1.82) is 0 Å². The Morgan fingerprint density at radius 3 is 1.71 bits per heavy atom. The van der Waals surface area contributed by atoms with Crippen LogP contribution >= 0.6 is 22.7 Å². The van der Waals surface area contributed by atoms with Crippen LogP contribution in [0.25, 0.3) is 64.8 Å². The molecule has 0 N–H and O–H groups in total. The summed E-state index contributed by atoms with van der Waals surface area (Å²) in [5.41, 5.74) is 8.31. The summed E-state index contributed by atoms with van der Waals surface area (Å²) >= 11 is 3.59. The largest absolute Gasteiger partial charge is 2.00 e. The Hall–Kier alpha value is -3.31. The molecule has 0 saturated heterocycles. The number of hydrogen-bond acceptors (Lipinski definition) is 6. The summed E-state index contributed by atoms with van der Waals surface area (Å²) in [7, 11) is 0. The monoisotopic (exact) mass is 805 g/mol. The Balaban J connectivity index is 0.00000357. The Kier molecular flexibility index (Phi) is 8.53. The zero-order valence-corrected chi connectivity index (χ0v) is 30.2. The fourth-order valence-electron chi connectivity index (χ4n) is 5.74. The maximum absolute atomic E-state index is 4.75. The molecule has 4 heterocycles. The Labute approximate surface area is 287 Å². The van der Waals surface area contributed by atoms with Crippen LogP contribution < -0.4 is 0 Å². The molecule has 0 fully saturated rings. The fourth-order valence-corrected chi connectivity index (χ4v) is 8.56. The molecule has 0 aliphatic heterocycles. The van der Waals surface area contributed by atoms with E-state index in [0.717, 1.165) is 77.7 Å². The van der Waals surface area contributed by atoms with Gasteiger partial charge in [0, 0.05) is 30.5 Å². The molecule has 0 bridgehead atoms. The van der Waals surface area contributed by atoms with Crippen molar-refractivity contribution in [2.45, 2.75) is 54.4 Å². The smallest absolute Gasteiger partial charge is 0.274 e. The second-order valence-corrected chi connectivity index (χ2v) is 16.2. The van der Waals surface area contributed by atoms with Gasteiger partial charge < -0.3 is 0 Å². The van der Waals surface area contributed by atoms with Crippen molar-refractivity contribution in [1.82, 2.24) is 19.9 Å². The zero-order chi connectivity index (χ0) is 30.6. The summed E-state index contributed by atoms with van der Waals surface area (Å²) in [5.74, 6) is 0. The van der Waals surface area contributed by atoms with Gasteiger partial charge in [-0.05, 0) is 35.8 Å². The van der Waals surface area contributed by atoms with E-state index in [0.29, 0.717) is 0 Å². The van der Waals surface area contributed by atoms with Crippen LogP contribution in [-0.2, 0) is 33.9 Å². The minimum atomic E-state index is 0. The van der Waals surface area contributed by atoms with E-state index in [1.807, 2.05) is 0 Å². The van der Waals surface area contributed by atoms with Gasteiger partial charge in [0.2, 0.25) is 0 Å². The van der Waals surface area contributed by atoms with Crippen LogP contribution in [0.15, 0.2) is 73.3 Å². The number of benzene rings is 3. The average Bonchev–Trinajstić information content (AvgIpc) is 3.57. The molecule has 7 aromatic rings. The second-order valence-electron chi connectivity index (χ2n) is 13.9. The van der Waals surface area contributed by atoms with Crippen molar-refractivity contribution in [3.63, 3.8) is 0 Å². The van der Waals surface area contributed by atoms with Crippen LogP contribution in [-0.4, -0.2) is 19.9 Å². The van der Waals surface area contributed by atoms with Crippen LogP contribution in [0.1, 0.15) is 51.3 Å². The first-order valence-corrected chi connectivity index (χ1v) is 16.6. The normalized spacial score (nSPS) is 12.2. The van der Waals surface area contributed by atoms with Crippen molar-refractivity contribution >= 4 is 53.9 Å². The molecule has 228 valence electrons. The topological polar surface area (TPSA) is 51.6 Å². The molecule has 4 aromatic heterocycles. The van der Waals surface area contributed by atoms with E-state index in [-0.39, 0.29) is 31.9 Å². The number of aromatic nitrogens is 4. The summed E-state index contributed by atoms with van der Waals surface area (Å²) in [5, 5.41) is 2.18. The van der Waals surface area contributed by atoms with Crippen molar-refractivity contribution in [2.75, 3.05) is 0 Å². The van der Waals surface area contributed by atoms with Crippen molar-refractivity contribution in [3.8, 4) is 33.6 Å². The number of rotatable bonds is 5. The molecule has 3 aromatic carbocycles. The molecule has 0 amide bonds. The second kappa shape index (κ2) is 12.1. The molecule has 0 spiro atoms. The van der Waals surface area contributed by atoms with E-state index in [4.69, 9.17) is 9.97 Å². The molecular weight excluding hydrogens is 772 g/mol. The third kappa shape index (κ3) is 6.65. The zero-order valence-electron chi connectivity index (χ0n) is 26.3. The third-order valence-electron chi connectivity index (χ3n) is 7.52. The molecule has 0 aliphatic carbocycles. The van der Waals surface area contributed by atoms with Gasteiger partial charge in [-0.1, -0.05) is 81.8 Å². The standard InChI is InChI=1S/C38H34N4S2.Pt/c1-37(2,3)19-27-17-31-35(43-27)33(41-21-39-31)25-11-7-10-24(15-25)29-12-8-9-23-13-14-26(16-30(23)29)34-36-32(40-22-42-34)18-28(44-36)20-38(4,5)6;/h7-14,17-18,21-22H,19-20H2,1-6H3;/q-2;+2. The minimum absolute atomic E-state index is 0. The van der Waals surface area contributed by atoms with Crippen LogP contribution in [0.3, 0.4) is 0 Å². The molecule has 45 heavy (non-hydrogen) atoms. The van der Waals surface area contributed by atoms with Gasteiger partial charge in [0.25, 0.3) is 0 Å². The van der Waals surface area contributed by atoms with E-state index < -0.39 is 0 Å². The van der Waals surface area contributed by atoms with Gasteiger partial charge in [-0.15, -0.1) is 76.1 Å². The van der Waals surface area contributed by atoms with E-state index >= 15 is 0 Å². The molecule has 7 heteroatoms. The van der Waals surface area contributed by atoms with Crippen LogP contribution in [0.5, 0.6) is 0 Å². The van der Waals surface area contributed by atoms with E-state index in [2.05, 4.69) is 124 Å². The first kappa shape index (κ1) is 31.7. The Bertz CT molecular complexity index is 2170. The van der Waals surface area contributed by atoms with Crippen molar-refractivity contribution in [2.24, 2.45) is 10.8 Å². The summed E-state index contributed by atoms with van der Waals surface area (Å²) in [4.78, 5) is 21.3. The number of hydrogen-bond donors (Lipinski definition) is 0. The van der Waals surface area contributed by atoms with Gasteiger partial charge >= 0.3 is 21.1 Å². The number of thiophene rings is 2. The van der Waals surface area contributed by atoms with E-state index in [1.54, 1.807) is 35.3 Å². The molecule has 0 radical (unpaired) electrons. The maximum atomic E-state index is 4.75. The van der Waals surface area contributed by atoms with Gasteiger partial charge in [0.15, 0.2) is 0 Å². The average molecular weight is 806 g/mol. The van der Waals surface area contributed by atoms with Gasteiger partial charge in [-0.25, -0.2) is 9.97 Å². The van der Waals surface area contributed by atoms with Crippen molar-refractivity contribution < 1.29 is 21.1 Å². The summed E-state index contributed by atoms with van der Waals surface area (Å²) < 4.78 is 2.23. The Morgan fingerprint density at radius 2 is 1.13 bits per heavy atom. The Morgan fingerprint density at radius 1 is 0.600 bits per heavy atom. The number of fused-ring (bicyclic) bond motifs is 3. The van der Waals surface area contributed by atoms with Crippen LogP contribution in [0.4, 0.5) is 0 Å². The molecule has 4 nitrogen and oxygen atoms in total. The first-order chi connectivity index (χ1) is 21.0. The van der Waals surface area contributed by atoms with E-state index in [9.17, 15) is 0 Å². The fraction of sp³-hybridized carbons (Fsp3) is 0.263. The SMILES string of the molecule is CC(C)(C)Cc1cc2ncnc(-c3[c-]c(-c4cccc5ccc(-c6ncnc7cc(CC(C)(C)C)sc67)[c-]c45)ccc3)c2s1.[Pt+2]. The maximum Gasteiger partial charge on any atom is 2.00 e. The third-order valence-corrected chi connectivity index (χ3v) is 9.78.